The Morgan fingerprint density at radius 3 is 3.00 bits per heavy atom. The Bertz CT molecular complexity index is 407. The second kappa shape index (κ2) is 7.22. The van der Waals surface area contributed by atoms with Gasteiger partial charge < -0.3 is 10.1 Å². The number of rotatable bonds is 6. The van der Waals surface area contributed by atoms with Crippen LogP contribution in [0, 0.1) is 11.7 Å². The molecule has 1 fully saturated rings. The lowest BCUT2D eigenvalue weighted by atomic mass is 9.93. The molecule has 1 aromatic rings. The summed E-state index contributed by atoms with van der Waals surface area (Å²) in [5.41, 5.74) is 0.713. The molecule has 0 bridgehead atoms. The Morgan fingerprint density at radius 1 is 1.53 bits per heavy atom. The predicted octanol–water partition coefficient (Wildman–Crippen LogP) is 3.95. The van der Waals surface area contributed by atoms with Gasteiger partial charge in [-0.25, -0.2) is 4.39 Å². The van der Waals surface area contributed by atoms with Gasteiger partial charge >= 0.3 is 0 Å². The molecule has 0 amide bonds. The van der Waals surface area contributed by atoms with Crippen LogP contribution >= 0.6 is 11.6 Å². The first-order chi connectivity index (χ1) is 9.20. The lowest BCUT2D eigenvalue weighted by Crippen LogP contribution is -2.25. The van der Waals surface area contributed by atoms with Crippen LogP contribution in [-0.2, 0) is 4.74 Å². The van der Waals surface area contributed by atoms with E-state index in [0.717, 1.165) is 39.0 Å². The van der Waals surface area contributed by atoms with E-state index < -0.39 is 0 Å². The summed E-state index contributed by atoms with van der Waals surface area (Å²) in [7, 11) is 0. The molecule has 2 nitrogen and oxygen atoms in total. The Hall–Kier alpha value is -0.640. The van der Waals surface area contributed by atoms with Gasteiger partial charge in [-0.2, -0.15) is 0 Å². The quantitative estimate of drug-likeness (QED) is 0.855. The van der Waals surface area contributed by atoms with Gasteiger partial charge in [0.05, 0.1) is 0 Å². The largest absolute Gasteiger partial charge is 0.381 e. The third-order valence-electron chi connectivity index (χ3n) is 3.57. The molecule has 1 aliphatic rings. The van der Waals surface area contributed by atoms with Crippen LogP contribution in [0.5, 0.6) is 0 Å². The molecule has 0 saturated carbocycles. The number of hydrogen-bond acceptors (Lipinski definition) is 2. The molecule has 1 aliphatic heterocycles. The van der Waals surface area contributed by atoms with E-state index in [1.807, 2.05) is 0 Å². The van der Waals surface area contributed by atoms with Crippen molar-refractivity contribution in [2.24, 2.45) is 5.92 Å². The van der Waals surface area contributed by atoms with Crippen molar-refractivity contribution in [3.8, 4) is 0 Å². The van der Waals surface area contributed by atoms with E-state index in [4.69, 9.17) is 16.3 Å². The summed E-state index contributed by atoms with van der Waals surface area (Å²) in [6.45, 7) is 4.62. The van der Waals surface area contributed by atoms with E-state index in [2.05, 4.69) is 12.2 Å². The highest BCUT2D eigenvalue weighted by molar-refractivity contribution is 6.30. The van der Waals surface area contributed by atoms with E-state index in [0.29, 0.717) is 16.5 Å². The fourth-order valence-electron chi connectivity index (χ4n) is 2.53. The predicted molar refractivity (Wildman–Crippen MR) is 76.0 cm³/mol. The normalized spacial score (nSPS) is 20.7. The van der Waals surface area contributed by atoms with Gasteiger partial charge in [0, 0.05) is 29.8 Å². The Balaban J connectivity index is 2.10. The fourth-order valence-corrected chi connectivity index (χ4v) is 2.68. The first-order valence-corrected chi connectivity index (χ1v) is 7.34. The van der Waals surface area contributed by atoms with Gasteiger partial charge in [0.1, 0.15) is 5.82 Å². The van der Waals surface area contributed by atoms with Crippen molar-refractivity contribution in [2.45, 2.75) is 32.2 Å². The number of halogens is 2. The van der Waals surface area contributed by atoms with Crippen molar-refractivity contribution in [1.29, 1.82) is 0 Å². The highest BCUT2D eigenvalue weighted by Gasteiger charge is 2.23. The molecule has 2 unspecified atom stereocenters. The summed E-state index contributed by atoms with van der Waals surface area (Å²) in [5, 5.41) is 3.88. The van der Waals surface area contributed by atoms with Crippen molar-refractivity contribution >= 4 is 11.6 Å². The van der Waals surface area contributed by atoms with Gasteiger partial charge in [-0.3, -0.25) is 0 Å². The van der Waals surface area contributed by atoms with Crippen LogP contribution in [0.2, 0.25) is 5.02 Å². The minimum absolute atomic E-state index is 0.0453. The number of hydrogen-bond donors (Lipinski definition) is 1. The van der Waals surface area contributed by atoms with Gasteiger partial charge in [-0.15, -0.1) is 0 Å². The molecule has 4 heteroatoms. The molecule has 0 spiro atoms. The van der Waals surface area contributed by atoms with Gasteiger partial charge in [-0.1, -0.05) is 24.6 Å². The highest BCUT2D eigenvalue weighted by Crippen LogP contribution is 2.29. The average Bonchev–Trinajstić information content (AvgIpc) is 2.88. The topological polar surface area (TPSA) is 21.3 Å². The van der Waals surface area contributed by atoms with Gasteiger partial charge in [-0.05, 0) is 43.9 Å². The first kappa shape index (κ1) is 14.8. The lowest BCUT2D eigenvalue weighted by molar-refractivity contribution is 0.181. The molecule has 2 atom stereocenters. The molecule has 106 valence electrons. The smallest absolute Gasteiger partial charge is 0.129 e. The molecule has 2 rings (SSSR count). The van der Waals surface area contributed by atoms with Gasteiger partial charge in [0.2, 0.25) is 0 Å². The second-order valence-electron chi connectivity index (χ2n) is 5.14. The van der Waals surface area contributed by atoms with Crippen LogP contribution in [0.4, 0.5) is 4.39 Å². The van der Waals surface area contributed by atoms with Crippen molar-refractivity contribution in [1.82, 2.24) is 5.32 Å². The van der Waals surface area contributed by atoms with Crippen LogP contribution in [0.25, 0.3) is 0 Å². The summed E-state index contributed by atoms with van der Waals surface area (Å²) in [6, 6.07) is 4.98. The zero-order valence-corrected chi connectivity index (χ0v) is 12.0. The van der Waals surface area contributed by atoms with E-state index in [9.17, 15) is 4.39 Å². The minimum atomic E-state index is -0.222. The minimum Gasteiger partial charge on any atom is -0.381 e. The highest BCUT2D eigenvalue weighted by atomic mass is 35.5. The molecule has 1 aromatic carbocycles. The molecule has 19 heavy (non-hydrogen) atoms. The van der Waals surface area contributed by atoms with Gasteiger partial charge in [0.25, 0.3) is 0 Å². The maximum atomic E-state index is 14.0. The Kier molecular flexibility index (Phi) is 5.61. The second-order valence-corrected chi connectivity index (χ2v) is 5.57. The maximum Gasteiger partial charge on any atom is 0.129 e. The van der Waals surface area contributed by atoms with Crippen molar-refractivity contribution in [2.75, 3.05) is 19.8 Å². The van der Waals surface area contributed by atoms with Crippen LogP contribution in [-0.4, -0.2) is 19.8 Å². The van der Waals surface area contributed by atoms with Crippen LogP contribution < -0.4 is 5.32 Å². The third kappa shape index (κ3) is 4.16. The maximum absolute atomic E-state index is 14.0. The van der Waals surface area contributed by atoms with Crippen molar-refractivity contribution in [3.05, 3.63) is 34.6 Å². The summed E-state index contributed by atoms with van der Waals surface area (Å²) in [6.07, 6.45) is 3.02. The SMILES string of the molecule is CCCNC(CC1CCOC1)c1ccc(Cl)cc1F. The molecule has 0 aromatic heterocycles. The number of nitrogens with one attached hydrogen (secondary N) is 1. The van der Waals surface area contributed by atoms with E-state index in [1.54, 1.807) is 12.1 Å². The molecule has 1 N–H and O–H groups in total. The lowest BCUT2D eigenvalue weighted by Gasteiger charge is -2.22. The molecule has 0 radical (unpaired) electrons. The van der Waals surface area contributed by atoms with E-state index in [1.165, 1.54) is 6.07 Å². The van der Waals surface area contributed by atoms with Crippen LogP contribution in [0.3, 0.4) is 0 Å². The molecule has 1 heterocycles. The summed E-state index contributed by atoms with van der Waals surface area (Å²) in [5.74, 6) is 0.296. The van der Waals surface area contributed by atoms with Crippen LogP contribution in [0.1, 0.15) is 37.8 Å². The molecular formula is C15H21ClFNO. The summed E-state index contributed by atoms with van der Waals surface area (Å²) < 4.78 is 19.5. The summed E-state index contributed by atoms with van der Waals surface area (Å²) >= 11 is 5.82. The van der Waals surface area contributed by atoms with Gasteiger partial charge in [0.15, 0.2) is 0 Å². The van der Waals surface area contributed by atoms with E-state index >= 15 is 0 Å². The molecule has 0 aliphatic carbocycles. The number of benzene rings is 1. The number of ether oxygens (including phenoxy) is 1. The zero-order chi connectivity index (χ0) is 13.7. The third-order valence-corrected chi connectivity index (χ3v) is 3.81. The first-order valence-electron chi connectivity index (χ1n) is 6.96. The molecular weight excluding hydrogens is 265 g/mol. The zero-order valence-electron chi connectivity index (χ0n) is 11.3. The molecule has 1 saturated heterocycles. The van der Waals surface area contributed by atoms with E-state index in [-0.39, 0.29) is 11.9 Å². The summed E-state index contributed by atoms with van der Waals surface area (Å²) in [4.78, 5) is 0. The Labute approximate surface area is 119 Å². The Morgan fingerprint density at radius 2 is 2.37 bits per heavy atom. The van der Waals surface area contributed by atoms with Crippen molar-refractivity contribution in [3.63, 3.8) is 0 Å². The standard InChI is InChI=1S/C15H21ClFNO/c1-2-6-18-15(8-11-5-7-19-10-11)13-4-3-12(16)9-14(13)17/h3-4,9,11,15,18H,2,5-8,10H2,1H3. The van der Waals surface area contributed by atoms with Crippen molar-refractivity contribution < 1.29 is 9.13 Å². The monoisotopic (exact) mass is 285 g/mol. The van der Waals surface area contributed by atoms with Crippen LogP contribution in [0.15, 0.2) is 18.2 Å². The average molecular weight is 286 g/mol. The fraction of sp³-hybridized carbons (Fsp3) is 0.600.